The van der Waals surface area contributed by atoms with Gasteiger partial charge in [-0.25, -0.2) is 9.29 Å². The van der Waals surface area contributed by atoms with Crippen molar-refractivity contribution < 1.29 is 28.6 Å². The van der Waals surface area contributed by atoms with Gasteiger partial charge in [-0.1, -0.05) is 12.1 Å². The number of anilines is 2. The van der Waals surface area contributed by atoms with E-state index in [9.17, 15) is 23.9 Å². The molecule has 36 heavy (non-hydrogen) atoms. The number of hydrogen-bond donors (Lipinski definition) is 3. The fraction of sp³-hybridized carbons (Fsp3) is 0.222. The minimum absolute atomic E-state index is 0.102. The van der Waals surface area contributed by atoms with Gasteiger partial charge in [0.25, 0.3) is 0 Å². The first-order chi connectivity index (χ1) is 17.3. The van der Waals surface area contributed by atoms with Crippen LogP contribution in [0.4, 0.5) is 15.8 Å². The molecule has 3 heterocycles. The molecule has 0 aliphatic carbocycles. The summed E-state index contributed by atoms with van der Waals surface area (Å²) in [5.74, 6) is -3.27. The van der Waals surface area contributed by atoms with Crippen LogP contribution in [0.25, 0.3) is 0 Å². The number of aromatic hydroxyl groups is 1. The van der Waals surface area contributed by atoms with Crippen molar-refractivity contribution in [1.29, 1.82) is 0 Å². The molecule has 3 aromatic rings. The number of rotatable bonds is 4. The molecule has 0 bridgehead atoms. The molecule has 0 aromatic heterocycles. The zero-order valence-corrected chi connectivity index (χ0v) is 19.2. The van der Waals surface area contributed by atoms with Crippen LogP contribution in [0.3, 0.4) is 0 Å². The van der Waals surface area contributed by atoms with Crippen molar-refractivity contribution in [2.75, 3.05) is 17.3 Å². The van der Waals surface area contributed by atoms with E-state index in [1.54, 1.807) is 36.4 Å². The number of ether oxygens (including phenoxy) is 1. The van der Waals surface area contributed by atoms with Crippen LogP contribution in [-0.2, 0) is 26.3 Å². The minimum atomic E-state index is -1.60. The maximum atomic E-state index is 14.4. The molecule has 3 aliphatic heterocycles. The van der Waals surface area contributed by atoms with Gasteiger partial charge in [0.2, 0.25) is 17.7 Å². The number of nitrogens with zero attached hydrogens (tertiary/aromatic N) is 1. The molecular weight excluding hydrogens is 465 g/mol. The maximum Gasteiger partial charge on any atom is 0.250 e. The molecule has 4 atom stereocenters. The Hall–Kier alpha value is -4.24. The molecule has 3 amide bonds. The van der Waals surface area contributed by atoms with Crippen molar-refractivity contribution in [3.63, 3.8) is 0 Å². The number of carbonyl (C=O) groups is 3. The van der Waals surface area contributed by atoms with E-state index in [4.69, 9.17) is 4.74 Å². The van der Waals surface area contributed by atoms with Gasteiger partial charge in [0, 0.05) is 17.3 Å². The Bertz CT molecular complexity index is 1410. The van der Waals surface area contributed by atoms with Crippen LogP contribution >= 0.6 is 0 Å². The third kappa shape index (κ3) is 3.06. The summed E-state index contributed by atoms with van der Waals surface area (Å²) in [5.41, 5.74) is 0.297. The second-order valence-corrected chi connectivity index (χ2v) is 9.29. The standard InChI is InChI=1S/C27H22FN3O5/c1-36-18-9-5-16(6-10-18)31-24(33)22-21(12-14-2-7-17(32)8-3-14)30-27(23(22)25(31)34)19-13-15(28)4-11-20(19)29-26(27)35/h2-11,13,21-23,30,32H,12H2,1H3,(H,29,35)/t21-,22-,23+,27+/m1/s1. The Morgan fingerprint density at radius 1 is 1.00 bits per heavy atom. The van der Waals surface area contributed by atoms with Crippen molar-refractivity contribution in [3.8, 4) is 11.5 Å². The molecule has 0 radical (unpaired) electrons. The van der Waals surface area contributed by atoms with Crippen LogP contribution in [0, 0.1) is 17.7 Å². The highest BCUT2D eigenvalue weighted by Gasteiger charge is 2.70. The number of halogens is 1. The first-order valence-corrected chi connectivity index (χ1v) is 11.5. The van der Waals surface area contributed by atoms with Crippen molar-refractivity contribution in [2.24, 2.45) is 11.8 Å². The van der Waals surface area contributed by atoms with Crippen LogP contribution < -0.4 is 20.3 Å². The highest BCUT2D eigenvalue weighted by Crippen LogP contribution is 2.54. The topological polar surface area (TPSA) is 108 Å². The SMILES string of the molecule is COc1ccc(N2C(=O)[C@H]3[C@@H](C2=O)[C@]2(N[C@@H]3Cc3ccc(O)cc3)C(=O)Nc3ccc(F)cc32)cc1. The normalized spacial score (nSPS) is 26.3. The number of hydrogen-bond acceptors (Lipinski definition) is 6. The van der Waals surface area contributed by atoms with Gasteiger partial charge in [0.15, 0.2) is 0 Å². The molecule has 8 nitrogen and oxygen atoms in total. The van der Waals surface area contributed by atoms with Crippen LogP contribution in [0.2, 0.25) is 0 Å². The Labute approximate surface area is 205 Å². The van der Waals surface area contributed by atoms with E-state index in [0.29, 0.717) is 29.1 Å². The summed E-state index contributed by atoms with van der Waals surface area (Å²) in [6.07, 6.45) is 0.316. The van der Waals surface area contributed by atoms with Gasteiger partial charge in [0.05, 0.1) is 24.6 Å². The maximum absolute atomic E-state index is 14.4. The summed E-state index contributed by atoms with van der Waals surface area (Å²) in [6.45, 7) is 0. The molecule has 3 aromatic carbocycles. The Kier molecular flexibility index (Phi) is 4.87. The number of imide groups is 1. The zero-order chi connectivity index (χ0) is 25.2. The first kappa shape index (κ1) is 22.2. The predicted molar refractivity (Wildman–Crippen MR) is 128 cm³/mol. The van der Waals surface area contributed by atoms with Gasteiger partial charge < -0.3 is 15.2 Å². The second-order valence-electron chi connectivity index (χ2n) is 9.29. The number of phenolic OH excluding ortho intramolecular Hbond substituents is 1. The van der Waals surface area contributed by atoms with E-state index in [0.717, 1.165) is 10.5 Å². The first-order valence-electron chi connectivity index (χ1n) is 11.5. The van der Waals surface area contributed by atoms with Crippen LogP contribution in [0.5, 0.6) is 11.5 Å². The number of fused-ring (bicyclic) bond motifs is 4. The smallest absolute Gasteiger partial charge is 0.250 e. The molecule has 3 aliphatic rings. The van der Waals surface area contributed by atoms with Crippen LogP contribution in [-0.4, -0.2) is 36.0 Å². The third-order valence-corrected chi connectivity index (χ3v) is 7.40. The average molecular weight is 487 g/mol. The Morgan fingerprint density at radius 2 is 1.72 bits per heavy atom. The van der Waals surface area contributed by atoms with Crippen LogP contribution in [0.15, 0.2) is 66.7 Å². The van der Waals surface area contributed by atoms with Crippen molar-refractivity contribution in [3.05, 3.63) is 83.7 Å². The summed E-state index contributed by atoms with van der Waals surface area (Å²) >= 11 is 0. The lowest BCUT2D eigenvalue weighted by Crippen LogP contribution is -2.53. The van der Waals surface area contributed by atoms with Gasteiger partial charge in [0.1, 0.15) is 22.9 Å². The number of carbonyl (C=O) groups excluding carboxylic acids is 3. The summed E-state index contributed by atoms with van der Waals surface area (Å²) in [7, 11) is 1.52. The number of benzene rings is 3. The molecule has 2 fully saturated rings. The zero-order valence-electron chi connectivity index (χ0n) is 19.2. The second kappa shape index (κ2) is 7.89. The fourth-order valence-electron chi connectivity index (χ4n) is 5.82. The van der Waals surface area contributed by atoms with Crippen molar-refractivity contribution in [1.82, 2.24) is 5.32 Å². The summed E-state index contributed by atoms with van der Waals surface area (Å²) in [5, 5.41) is 15.7. The van der Waals surface area contributed by atoms with E-state index in [-0.39, 0.29) is 5.75 Å². The number of phenols is 1. The molecule has 3 N–H and O–H groups in total. The highest BCUT2D eigenvalue weighted by molar-refractivity contribution is 6.25. The lowest BCUT2D eigenvalue weighted by atomic mass is 9.76. The number of methoxy groups -OCH3 is 1. The van der Waals surface area contributed by atoms with E-state index in [1.807, 2.05) is 0 Å². The fourth-order valence-corrected chi connectivity index (χ4v) is 5.82. The molecule has 0 unspecified atom stereocenters. The summed E-state index contributed by atoms with van der Waals surface area (Å²) in [6, 6.07) is 16.4. The molecule has 9 heteroatoms. The highest BCUT2D eigenvalue weighted by atomic mass is 19.1. The monoisotopic (exact) mass is 487 g/mol. The van der Waals surface area contributed by atoms with Gasteiger partial charge in [-0.15, -0.1) is 0 Å². The predicted octanol–water partition coefficient (Wildman–Crippen LogP) is 2.71. The van der Waals surface area contributed by atoms with Gasteiger partial charge in [-0.3, -0.25) is 19.7 Å². The minimum Gasteiger partial charge on any atom is -0.508 e. The lowest BCUT2D eigenvalue weighted by molar-refractivity contribution is -0.130. The van der Waals surface area contributed by atoms with E-state index >= 15 is 0 Å². The third-order valence-electron chi connectivity index (χ3n) is 7.40. The quantitative estimate of drug-likeness (QED) is 0.489. The largest absolute Gasteiger partial charge is 0.508 e. The lowest BCUT2D eigenvalue weighted by Gasteiger charge is -2.29. The molecule has 6 rings (SSSR count). The number of amides is 3. The van der Waals surface area contributed by atoms with E-state index < -0.39 is 47.0 Å². The summed E-state index contributed by atoms with van der Waals surface area (Å²) in [4.78, 5) is 42.4. The molecular formula is C27H22FN3O5. The Morgan fingerprint density at radius 3 is 2.42 bits per heavy atom. The van der Waals surface area contributed by atoms with Crippen molar-refractivity contribution >= 4 is 29.1 Å². The molecule has 2 saturated heterocycles. The van der Waals surface area contributed by atoms with E-state index in [1.165, 1.54) is 37.4 Å². The van der Waals surface area contributed by atoms with E-state index in [2.05, 4.69) is 10.6 Å². The molecule has 1 spiro atoms. The Balaban J connectivity index is 1.48. The summed E-state index contributed by atoms with van der Waals surface area (Å²) < 4.78 is 19.6. The van der Waals surface area contributed by atoms with Crippen molar-refractivity contribution in [2.45, 2.75) is 18.0 Å². The number of nitrogens with one attached hydrogen (secondary N) is 2. The van der Waals surface area contributed by atoms with Gasteiger partial charge in [-0.2, -0.15) is 0 Å². The van der Waals surface area contributed by atoms with Gasteiger partial charge in [-0.05, 0) is 66.6 Å². The molecule has 0 saturated carbocycles. The van der Waals surface area contributed by atoms with Gasteiger partial charge >= 0.3 is 0 Å². The average Bonchev–Trinajstić information content (AvgIpc) is 3.45. The van der Waals surface area contributed by atoms with Crippen LogP contribution in [0.1, 0.15) is 11.1 Å². The molecule has 182 valence electrons.